The van der Waals surface area contributed by atoms with Gasteiger partial charge in [-0.2, -0.15) is 10.5 Å². The van der Waals surface area contributed by atoms with Gasteiger partial charge in [0.25, 0.3) is 0 Å². The number of methoxy groups -OCH3 is 1. The lowest BCUT2D eigenvalue weighted by molar-refractivity contribution is -0.168. The summed E-state index contributed by atoms with van der Waals surface area (Å²) >= 11 is 0. The van der Waals surface area contributed by atoms with Crippen LogP contribution in [0, 0.1) is 144 Å². The number of nitrogens with zero attached hydrogens (tertiary/aromatic N) is 2. The quantitative estimate of drug-likeness (QED) is 0.286. The predicted molar refractivity (Wildman–Crippen MR) is 293 cm³/mol. The first-order valence-corrected chi connectivity index (χ1v) is 32.8. The molecule has 0 amide bonds. The van der Waals surface area contributed by atoms with Gasteiger partial charge in [0.05, 0.1) is 79.2 Å². The maximum absolute atomic E-state index is 12.9. The number of hydrogen-bond acceptors (Lipinski definition) is 24. The van der Waals surface area contributed by atoms with E-state index in [1.165, 1.54) is 13.5 Å². The van der Waals surface area contributed by atoms with Crippen LogP contribution in [0.1, 0.15) is 114 Å². The summed E-state index contributed by atoms with van der Waals surface area (Å²) in [6.45, 7) is 18.9. The molecule has 6 saturated carbocycles. The van der Waals surface area contributed by atoms with Gasteiger partial charge in [-0.15, -0.1) is 0 Å². The number of carbonyl (C=O) groups excluding carboxylic acids is 9. The molecule has 0 aromatic rings. The summed E-state index contributed by atoms with van der Waals surface area (Å²) in [6.07, 6.45) is 4.70. The van der Waals surface area contributed by atoms with Crippen LogP contribution >= 0.6 is 0 Å². The number of hydrogen-bond donors (Lipinski definition) is 0. The van der Waals surface area contributed by atoms with Crippen LogP contribution < -0.4 is 0 Å². The normalized spacial score (nSPS) is 54.3. The first kappa shape index (κ1) is 59.1. The van der Waals surface area contributed by atoms with E-state index in [0.717, 1.165) is 38.0 Å². The molecule has 0 aromatic carbocycles. The van der Waals surface area contributed by atoms with Gasteiger partial charge in [0.1, 0.15) is 67.0 Å². The molecule has 0 aromatic heterocycles. The fourth-order valence-corrected chi connectivity index (χ4v) is 21.9. The zero-order chi connectivity index (χ0) is 63.4. The Morgan fingerprint density at radius 2 is 1.12 bits per heavy atom. The lowest BCUT2D eigenvalue weighted by Crippen LogP contribution is -2.44. The molecular weight excluding hydrogens is 1170 g/mol. The summed E-state index contributed by atoms with van der Waals surface area (Å²) in [4.78, 5) is 106. The second kappa shape index (κ2) is 19.3. The van der Waals surface area contributed by atoms with Crippen molar-refractivity contribution in [1.29, 1.82) is 10.5 Å². The molecule has 15 aliphatic heterocycles. The van der Waals surface area contributed by atoms with Crippen LogP contribution in [0.3, 0.4) is 0 Å². The molecule has 21 rings (SSSR count). The molecule has 15 heterocycles. The average molecular weight is 1250 g/mol. The van der Waals surface area contributed by atoms with E-state index in [9.17, 15) is 43.2 Å². The summed E-state index contributed by atoms with van der Waals surface area (Å²) < 4.78 is 70.5. The Kier molecular flexibility index (Phi) is 12.7. The third kappa shape index (κ3) is 7.50. The minimum Gasteiger partial charge on any atom is -0.469 e. The highest BCUT2D eigenvalue weighted by atomic mass is 16.7. The van der Waals surface area contributed by atoms with Crippen molar-refractivity contribution >= 4 is 53.7 Å². The summed E-state index contributed by atoms with van der Waals surface area (Å²) in [5.41, 5.74) is -1.59. The molecule has 24 heteroatoms. The Labute approximate surface area is 519 Å². The Balaban J connectivity index is 0.0000000883. The van der Waals surface area contributed by atoms with Gasteiger partial charge in [0.2, 0.25) is 0 Å². The molecule has 21 aliphatic rings. The van der Waals surface area contributed by atoms with Gasteiger partial charge in [0, 0.05) is 46.3 Å². The highest BCUT2D eigenvalue weighted by molar-refractivity contribution is 5.88. The van der Waals surface area contributed by atoms with Crippen molar-refractivity contribution in [2.75, 3.05) is 7.11 Å². The molecule has 6 aliphatic carbocycles. The summed E-state index contributed by atoms with van der Waals surface area (Å²) in [6, 6.07) is 4.28. The van der Waals surface area contributed by atoms with Crippen LogP contribution in [0.4, 0.5) is 0 Å². The number of carbonyl (C=O) groups is 9. The van der Waals surface area contributed by atoms with Crippen molar-refractivity contribution in [3.63, 3.8) is 0 Å². The van der Waals surface area contributed by atoms with Gasteiger partial charge < -0.3 is 61.6 Å². The lowest BCUT2D eigenvalue weighted by Gasteiger charge is -2.32. The van der Waals surface area contributed by atoms with Crippen molar-refractivity contribution in [2.45, 2.75) is 211 Å². The minimum absolute atomic E-state index is 0.0106. The van der Waals surface area contributed by atoms with Crippen molar-refractivity contribution in [3.8, 4) is 12.1 Å². The molecule has 24 nitrogen and oxygen atoms in total. The van der Waals surface area contributed by atoms with Crippen LogP contribution in [0.5, 0.6) is 0 Å². The number of esters is 9. The lowest BCUT2D eigenvalue weighted by atomic mass is 9.66. The molecular formula is C66H78N2O22. The van der Waals surface area contributed by atoms with Crippen LogP contribution in [0.15, 0.2) is 0 Å². The topological polar surface area (TPSA) is 321 Å². The smallest absolute Gasteiger partial charge is 0.329 e. The maximum Gasteiger partial charge on any atom is 0.329 e. The Hall–Kier alpha value is -5.95. The van der Waals surface area contributed by atoms with Crippen LogP contribution in [0.25, 0.3) is 0 Å². The molecule has 90 heavy (non-hydrogen) atoms. The Morgan fingerprint density at radius 3 is 1.79 bits per heavy atom. The molecule has 14 bridgehead atoms. The van der Waals surface area contributed by atoms with Crippen LogP contribution in [-0.2, 0) is 105 Å². The molecule has 0 N–H and O–H groups in total. The third-order valence-electron chi connectivity index (χ3n) is 27.2. The summed E-state index contributed by atoms with van der Waals surface area (Å²) in [7, 11) is 1.33. The molecule has 484 valence electrons. The summed E-state index contributed by atoms with van der Waals surface area (Å²) in [5, 5.41) is 18.1. The van der Waals surface area contributed by atoms with Crippen LogP contribution in [-0.4, -0.2) is 158 Å². The van der Waals surface area contributed by atoms with Gasteiger partial charge >= 0.3 is 53.7 Å². The molecule has 15 saturated heterocycles. The first-order chi connectivity index (χ1) is 42.6. The number of nitriles is 2. The van der Waals surface area contributed by atoms with Crippen molar-refractivity contribution in [3.05, 3.63) is 0 Å². The standard InChI is InChI=1S/C17H18O7.C10H11NO3.C10H11NO2.C10H12O5.C10H14O2.C9H12O3/c1-4-5-2-6-10(17(20)22-11(4)6)9(5)16(19)23-13-8-3-7-12(21-8)14(13)24-15(7)18;1-9(2)5-3-10(4-11)7(13-5)6(9)14-8(10)12;1-5-6-2-7-8(5)13-9(12)10(7,3-6)4-11;1-3-6-4(9(11)13-2)5-8(14-6)7(3)15-10(5)12;1-10(2)5-3-6-7(4-5)9(11)12-8(6)10;1-9(2)5-3-4-6(11-5)7(9)12-8(4)10/h4-14H,2-3H2,1H3;5-7H,3H2,1-2H3;5-8H,2-3H2,1H3;3-8H,1-2H3;5-8H,3-4H2,1-2H3;4-7H,3H2,1-2H3. The Bertz CT molecular complexity index is 3260. The zero-order valence-electron chi connectivity index (χ0n) is 52.0. The maximum atomic E-state index is 12.9. The van der Waals surface area contributed by atoms with Crippen molar-refractivity contribution < 1.29 is 105 Å². The fourth-order valence-electron chi connectivity index (χ4n) is 21.9. The molecule has 0 spiro atoms. The first-order valence-electron chi connectivity index (χ1n) is 32.8. The molecule has 34 unspecified atom stereocenters. The van der Waals surface area contributed by atoms with E-state index in [-0.39, 0.29) is 209 Å². The zero-order valence-corrected chi connectivity index (χ0v) is 52.0. The molecule has 34 atom stereocenters. The SMILES string of the molecule is CC1(C)C2CC3(C#N)C(=O)OC1C3O2.CC1(C)C2CC3C(=O)OC1C3C2.CC1(C)C2CC3C(=O)OC1C3O2.CC1C2CC3C1OC(=O)C3(C#N)C2.CC1C2CC3C1OC(=O)C3C2C(=O)OC1C2CC3C(=O)OC1C3O2.COC(=O)C1C2OC3C(OC(=O)C31)C2C. The highest BCUT2D eigenvalue weighted by Gasteiger charge is 2.77. The van der Waals surface area contributed by atoms with E-state index in [1.807, 2.05) is 20.8 Å². The molecule has 0 radical (unpaired) electrons. The van der Waals surface area contributed by atoms with Gasteiger partial charge in [-0.1, -0.05) is 62.3 Å². The van der Waals surface area contributed by atoms with E-state index >= 15 is 0 Å². The predicted octanol–water partition coefficient (Wildman–Crippen LogP) is 3.82. The number of ether oxygens (including phenoxy) is 13. The van der Waals surface area contributed by atoms with E-state index in [2.05, 4.69) is 53.7 Å². The van der Waals surface area contributed by atoms with E-state index in [0.29, 0.717) is 30.6 Å². The second-order valence-electron chi connectivity index (χ2n) is 31.9. The largest absolute Gasteiger partial charge is 0.469 e. The van der Waals surface area contributed by atoms with Gasteiger partial charge in [-0.3, -0.25) is 43.2 Å². The van der Waals surface area contributed by atoms with E-state index in [4.69, 9.17) is 72.1 Å². The minimum atomic E-state index is -0.995. The monoisotopic (exact) mass is 1250 g/mol. The second-order valence-corrected chi connectivity index (χ2v) is 31.9. The van der Waals surface area contributed by atoms with E-state index < -0.39 is 40.8 Å². The third-order valence-corrected chi connectivity index (χ3v) is 27.2. The fraction of sp³-hybridized carbons (Fsp3) is 0.833. The van der Waals surface area contributed by atoms with Gasteiger partial charge in [0.15, 0.2) is 23.0 Å². The average Bonchev–Trinajstić information content (AvgIpc) is 1.54. The van der Waals surface area contributed by atoms with Crippen LogP contribution in [0.2, 0.25) is 0 Å². The van der Waals surface area contributed by atoms with Crippen molar-refractivity contribution in [1.82, 2.24) is 0 Å². The highest BCUT2D eigenvalue weighted by Crippen LogP contribution is 2.66. The van der Waals surface area contributed by atoms with E-state index in [1.54, 1.807) is 0 Å². The van der Waals surface area contributed by atoms with Gasteiger partial charge in [-0.25, -0.2) is 0 Å². The Morgan fingerprint density at radius 1 is 0.467 bits per heavy atom. The number of rotatable bonds is 3. The molecule has 21 fully saturated rings. The number of fused-ring (bicyclic) bond motifs is 7. The summed E-state index contributed by atoms with van der Waals surface area (Å²) in [5.74, 6) is -0.622. The van der Waals surface area contributed by atoms with Gasteiger partial charge in [-0.05, 0) is 74.5 Å². The van der Waals surface area contributed by atoms with Crippen molar-refractivity contribution in [2.24, 2.45) is 122 Å².